The molecule has 1 amide bonds. The van der Waals surface area contributed by atoms with Gasteiger partial charge in [0.15, 0.2) is 0 Å². The van der Waals surface area contributed by atoms with Gasteiger partial charge in [-0.25, -0.2) is 0 Å². The number of benzene rings is 1. The van der Waals surface area contributed by atoms with E-state index < -0.39 is 0 Å². The van der Waals surface area contributed by atoms with Gasteiger partial charge in [0.05, 0.1) is 13.2 Å². The van der Waals surface area contributed by atoms with Crippen molar-refractivity contribution in [2.24, 2.45) is 0 Å². The van der Waals surface area contributed by atoms with Crippen molar-refractivity contribution in [3.63, 3.8) is 0 Å². The van der Waals surface area contributed by atoms with Crippen LogP contribution in [0.5, 0.6) is 5.75 Å². The van der Waals surface area contributed by atoms with E-state index in [-0.39, 0.29) is 5.91 Å². The summed E-state index contributed by atoms with van der Waals surface area (Å²) in [6, 6.07) is 4.97. The molecule has 0 radical (unpaired) electrons. The molecular weight excluding hydrogens is 220 g/mol. The average molecular weight is 238 g/mol. The molecule has 0 saturated heterocycles. The largest absolute Gasteiger partial charge is 0.494 e. The Bertz CT molecular complexity index is 380. The van der Waals surface area contributed by atoms with Crippen molar-refractivity contribution in [2.45, 2.75) is 6.92 Å². The van der Waals surface area contributed by atoms with Crippen LogP contribution in [0.15, 0.2) is 18.2 Å². The van der Waals surface area contributed by atoms with Gasteiger partial charge in [-0.3, -0.25) is 4.79 Å². The van der Waals surface area contributed by atoms with Crippen molar-refractivity contribution in [3.05, 3.63) is 23.8 Å². The summed E-state index contributed by atoms with van der Waals surface area (Å²) in [6.07, 6.45) is 0. The molecule has 0 aliphatic carbocycles. The Labute approximate surface area is 101 Å². The van der Waals surface area contributed by atoms with Crippen LogP contribution >= 0.6 is 0 Å². The SMILES string of the molecule is CCOc1cc(N)cc(C(=O)NCCOC)c1. The van der Waals surface area contributed by atoms with Gasteiger partial charge in [0, 0.05) is 31.0 Å². The van der Waals surface area contributed by atoms with Crippen LogP contribution in [0.4, 0.5) is 5.69 Å². The lowest BCUT2D eigenvalue weighted by atomic mass is 10.1. The van der Waals surface area contributed by atoms with Crippen molar-refractivity contribution in [1.29, 1.82) is 0 Å². The third-order valence-electron chi connectivity index (χ3n) is 2.09. The van der Waals surface area contributed by atoms with Crippen LogP contribution in [0.2, 0.25) is 0 Å². The predicted molar refractivity (Wildman–Crippen MR) is 66.2 cm³/mol. The lowest BCUT2D eigenvalue weighted by Crippen LogP contribution is -2.27. The number of hydrogen-bond acceptors (Lipinski definition) is 4. The van der Waals surface area contributed by atoms with Crippen molar-refractivity contribution in [1.82, 2.24) is 5.32 Å². The molecule has 17 heavy (non-hydrogen) atoms. The van der Waals surface area contributed by atoms with Crippen molar-refractivity contribution in [2.75, 3.05) is 32.6 Å². The fourth-order valence-corrected chi connectivity index (χ4v) is 1.37. The van der Waals surface area contributed by atoms with Gasteiger partial charge in [0.25, 0.3) is 5.91 Å². The first kappa shape index (κ1) is 13.3. The number of carbonyl (C=O) groups is 1. The molecule has 1 rings (SSSR count). The molecule has 0 heterocycles. The van der Waals surface area contributed by atoms with E-state index in [1.54, 1.807) is 25.3 Å². The van der Waals surface area contributed by atoms with E-state index in [1.165, 1.54) is 0 Å². The van der Waals surface area contributed by atoms with Gasteiger partial charge < -0.3 is 20.5 Å². The minimum Gasteiger partial charge on any atom is -0.494 e. The van der Waals surface area contributed by atoms with Crippen LogP contribution in [0, 0.1) is 0 Å². The number of ether oxygens (including phenoxy) is 2. The molecule has 1 aromatic rings. The van der Waals surface area contributed by atoms with Gasteiger partial charge in [-0.2, -0.15) is 0 Å². The molecule has 0 aliphatic rings. The number of nitrogens with two attached hydrogens (primary N) is 1. The number of nitrogens with one attached hydrogen (secondary N) is 1. The number of methoxy groups -OCH3 is 1. The molecule has 0 atom stereocenters. The lowest BCUT2D eigenvalue weighted by Gasteiger charge is -2.08. The minimum absolute atomic E-state index is 0.185. The zero-order valence-electron chi connectivity index (χ0n) is 10.2. The highest BCUT2D eigenvalue weighted by molar-refractivity contribution is 5.95. The van der Waals surface area contributed by atoms with E-state index >= 15 is 0 Å². The maximum absolute atomic E-state index is 11.8. The molecule has 0 bridgehead atoms. The van der Waals surface area contributed by atoms with Crippen molar-refractivity contribution < 1.29 is 14.3 Å². The summed E-state index contributed by atoms with van der Waals surface area (Å²) in [5.74, 6) is 0.416. The molecule has 1 aromatic carbocycles. The molecular formula is C12H18N2O3. The van der Waals surface area contributed by atoms with E-state index in [0.717, 1.165) is 0 Å². The second-order valence-electron chi connectivity index (χ2n) is 3.47. The fraction of sp³-hybridized carbons (Fsp3) is 0.417. The molecule has 0 saturated carbocycles. The first-order valence-electron chi connectivity index (χ1n) is 5.48. The van der Waals surface area contributed by atoms with Gasteiger partial charge in [-0.15, -0.1) is 0 Å². The maximum Gasteiger partial charge on any atom is 0.251 e. The monoisotopic (exact) mass is 238 g/mol. The molecule has 0 fully saturated rings. The Hall–Kier alpha value is -1.75. The van der Waals surface area contributed by atoms with Gasteiger partial charge in [-0.1, -0.05) is 0 Å². The van der Waals surface area contributed by atoms with Crippen molar-refractivity contribution in [3.8, 4) is 5.75 Å². The van der Waals surface area contributed by atoms with E-state index in [4.69, 9.17) is 15.2 Å². The Morgan fingerprint density at radius 2 is 2.18 bits per heavy atom. The Morgan fingerprint density at radius 1 is 1.41 bits per heavy atom. The highest BCUT2D eigenvalue weighted by Gasteiger charge is 2.07. The minimum atomic E-state index is -0.185. The van der Waals surface area contributed by atoms with Crippen LogP contribution < -0.4 is 15.8 Å². The maximum atomic E-state index is 11.8. The topological polar surface area (TPSA) is 73.6 Å². The van der Waals surface area contributed by atoms with Crippen molar-refractivity contribution >= 4 is 11.6 Å². The number of rotatable bonds is 6. The number of carbonyl (C=O) groups excluding carboxylic acids is 1. The zero-order chi connectivity index (χ0) is 12.7. The standard InChI is InChI=1S/C12H18N2O3/c1-3-17-11-7-9(6-10(13)8-11)12(15)14-4-5-16-2/h6-8H,3-5,13H2,1-2H3,(H,14,15). The summed E-state index contributed by atoms with van der Waals surface area (Å²) in [5.41, 5.74) is 6.70. The number of anilines is 1. The van der Waals surface area contributed by atoms with E-state index in [0.29, 0.717) is 36.8 Å². The first-order valence-corrected chi connectivity index (χ1v) is 5.48. The molecule has 0 unspecified atom stereocenters. The predicted octanol–water partition coefficient (Wildman–Crippen LogP) is 1.04. The second kappa shape index (κ2) is 6.75. The summed E-state index contributed by atoms with van der Waals surface area (Å²) in [4.78, 5) is 11.8. The average Bonchev–Trinajstić information content (AvgIpc) is 2.29. The van der Waals surface area contributed by atoms with Crippen LogP contribution in [0.1, 0.15) is 17.3 Å². The summed E-state index contributed by atoms with van der Waals surface area (Å²) in [7, 11) is 1.58. The summed E-state index contributed by atoms with van der Waals surface area (Å²) >= 11 is 0. The zero-order valence-corrected chi connectivity index (χ0v) is 10.2. The molecule has 0 spiro atoms. The summed E-state index contributed by atoms with van der Waals surface area (Å²) in [5, 5.41) is 2.72. The molecule has 0 aromatic heterocycles. The second-order valence-corrected chi connectivity index (χ2v) is 3.47. The summed E-state index contributed by atoms with van der Waals surface area (Å²) < 4.78 is 10.2. The van der Waals surface area contributed by atoms with Gasteiger partial charge in [0.1, 0.15) is 5.75 Å². The first-order chi connectivity index (χ1) is 8.17. The van der Waals surface area contributed by atoms with Gasteiger partial charge in [0.2, 0.25) is 0 Å². The smallest absolute Gasteiger partial charge is 0.251 e. The van der Waals surface area contributed by atoms with Crippen LogP contribution in [0.3, 0.4) is 0 Å². The van der Waals surface area contributed by atoms with E-state index in [9.17, 15) is 4.79 Å². The number of hydrogen-bond donors (Lipinski definition) is 2. The number of nitrogen functional groups attached to an aromatic ring is 1. The number of amides is 1. The van der Waals surface area contributed by atoms with Crippen LogP contribution in [-0.2, 0) is 4.74 Å². The molecule has 5 heteroatoms. The lowest BCUT2D eigenvalue weighted by molar-refractivity contribution is 0.0936. The third kappa shape index (κ3) is 4.32. The van der Waals surface area contributed by atoms with E-state index in [1.807, 2.05) is 6.92 Å². The normalized spacial score (nSPS) is 10.0. The van der Waals surface area contributed by atoms with Crippen LogP contribution in [-0.4, -0.2) is 32.8 Å². The highest BCUT2D eigenvalue weighted by atomic mass is 16.5. The Kier molecular flexibility index (Phi) is 5.29. The van der Waals surface area contributed by atoms with Crippen LogP contribution in [0.25, 0.3) is 0 Å². The Morgan fingerprint density at radius 3 is 2.82 bits per heavy atom. The summed E-state index contributed by atoms with van der Waals surface area (Å²) in [6.45, 7) is 3.36. The van der Waals surface area contributed by atoms with Gasteiger partial charge in [-0.05, 0) is 19.1 Å². The fourth-order valence-electron chi connectivity index (χ4n) is 1.37. The third-order valence-corrected chi connectivity index (χ3v) is 2.09. The molecule has 0 aliphatic heterocycles. The Balaban J connectivity index is 2.71. The highest BCUT2D eigenvalue weighted by Crippen LogP contribution is 2.18. The molecule has 94 valence electrons. The van der Waals surface area contributed by atoms with E-state index in [2.05, 4.69) is 5.32 Å². The van der Waals surface area contributed by atoms with Gasteiger partial charge >= 0.3 is 0 Å². The molecule has 5 nitrogen and oxygen atoms in total. The quantitative estimate of drug-likeness (QED) is 0.573. The molecule has 3 N–H and O–H groups in total.